The lowest BCUT2D eigenvalue weighted by atomic mass is 10.1. The highest BCUT2D eigenvalue weighted by Crippen LogP contribution is 2.34. The van der Waals surface area contributed by atoms with Crippen molar-refractivity contribution in [3.63, 3.8) is 0 Å². The van der Waals surface area contributed by atoms with E-state index in [1.807, 2.05) is 18.2 Å². The number of hydrogen-bond donors (Lipinski definition) is 0. The van der Waals surface area contributed by atoms with Gasteiger partial charge in [-0.15, -0.1) is 0 Å². The molecule has 56 heavy (non-hydrogen) atoms. The Bertz CT molecular complexity index is 2700. The summed E-state index contributed by atoms with van der Waals surface area (Å²) in [5.41, 5.74) is 7.46. The lowest BCUT2D eigenvalue weighted by Crippen LogP contribution is -2.74. The van der Waals surface area contributed by atoms with Crippen molar-refractivity contribution in [2.75, 3.05) is 0 Å². The van der Waals surface area contributed by atoms with E-state index in [0.29, 0.717) is 17.5 Å². The quantitative estimate of drug-likeness (QED) is 0.110. The molecule has 5 heteroatoms. The molecule has 2 heterocycles. The third-order valence-corrected chi connectivity index (χ3v) is 15.5. The van der Waals surface area contributed by atoms with Gasteiger partial charge in [0, 0.05) is 33.5 Å². The molecular weight excluding hydrogens is 697 g/mol. The lowest BCUT2D eigenvalue weighted by molar-refractivity contribution is 1.07. The second kappa shape index (κ2) is 15.1. The number of aromatic nitrogens is 4. The fourth-order valence-corrected chi connectivity index (χ4v) is 12.9. The summed E-state index contributed by atoms with van der Waals surface area (Å²) in [6.07, 6.45) is 4.29. The zero-order chi connectivity index (χ0) is 37.9. The van der Waals surface area contributed by atoms with Gasteiger partial charge in [-0.1, -0.05) is 170 Å². The van der Waals surface area contributed by atoms with Gasteiger partial charge in [0.15, 0.2) is 25.5 Å². The Morgan fingerprint density at radius 3 is 1.43 bits per heavy atom. The van der Waals surface area contributed by atoms with E-state index in [1.54, 1.807) is 0 Å². The Morgan fingerprint density at radius 2 is 0.893 bits per heavy atom. The number of rotatable bonds is 9. The fourth-order valence-electron chi connectivity index (χ4n) is 8.13. The summed E-state index contributed by atoms with van der Waals surface area (Å²) in [5.74, 6) is 1.92. The minimum atomic E-state index is -2.77. The highest BCUT2D eigenvalue weighted by atomic mass is 28.3. The number of para-hydroxylation sites is 1. The van der Waals surface area contributed by atoms with E-state index in [4.69, 9.17) is 15.0 Å². The summed E-state index contributed by atoms with van der Waals surface area (Å²) in [6, 6.07) is 69.2. The summed E-state index contributed by atoms with van der Waals surface area (Å²) in [4.78, 5) is 15.6. The van der Waals surface area contributed by atoms with Gasteiger partial charge in [-0.25, -0.2) is 15.0 Å². The van der Waals surface area contributed by atoms with E-state index in [9.17, 15) is 0 Å². The maximum Gasteiger partial charge on any atom is 0.179 e. The van der Waals surface area contributed by atoms with Crippen LogP contribution in [0.4, 0.5) is 0 Å². The highest BCUT2D eigenvalue weighted by molar-refractivity contribution is 7.19. The van der Waals surface area contributed by atoms with Gasteiger partial charge in [0.2, 0.25) is 0 Å². The Balaban J connectivity index is 1.26. The molecule has 268 valence electrons. The monoisotopic (exact) mass is 736 g/mol. The summed E-state index contributed by atoms with van der Waals surface area (Å²) in [6.45, 7) is 4.26. The van der Waals surface area contributed by atoms with Crippen LogP contribution in [0.1, 0.15) is 18.2 Å². The zero-order valence-corrected chi connectivity index (χ0v) is 32.4. The van der Waals surface area contributed by atoms with Crippen molar-refractivity contribution in [1.29, 1.82) is 0 Å². The van der Waals surface area contributed by atoms with Gasteiger partial charge in [-0.05, 0) is 76.6 Å². The van der Waals surface area contributed by atoms with Crippen molar-refractivity contribution in [1.82, 2.24) is 19.5 Å². The normalized spacial score (nSPS) is 11.7. The maximum atomic E-state index is 5.27. The molecule has 9 rings (SSSR count). The molecule has 0 saturated carbocycles. The molecule has 2 aromatic heterocycles. The first-order chi connectivity index (χ1) is 27.6. The average molecular weight is 737 g/mol. The Morgan fingerprint density at radius 1 is 0.446 bits per heavy atom. The van der Waals surface area contributed by atoms with Crippen LogP contribution in [0.2, 0.25) is 0 Å². The Kier molecular flexibility index (Phi) is 9.35. The Hall–Kier alpha value is -6.95. The molecule has 0 saturated heterocycles. The van der Waals surface area contributed by atoms with Crippen molar-refractivity contribution in [3.8, 4) is 39.9 Å². The van der Waals surface area contributed by atoms with Crippen LogP contribution in [-0.2, 0) is 0 Å². The van der Waals surface area contributed by atoms with E-state index >= 15 is 0 Å². The van der Waals surface area contributed by atoms with Crippen molar-refractivity contribution in [3.05, 3.63) is 211 Å². The summed E-state index contributed by atoms with van der Waals surface area (Å²) >= 11 is 0. The molecule has 0 aliphatic heterocycles. The molecule has 0 unspecified atom stereocenters. The van der Waals surface area contributed by atoms with Crippen molar-refractivity contribution < 1.29 is 0 Å². The maximum absolute atomic E-state index is 5.27. The van der Waals surface area contributed by atoms with E-state index in [-0.39, 0.29) is 0 Å². The largest absolute Gasteiger partial charge is 0.310 e. The molecule has 0 aliphatic rings. The van der Waals surface area contributed by atoms with Gasteiger partial charge >= 0.3 is 0 Å². The molecule has 0 aliphatic carbocycles. The van der Waals surface area contributed by atoms with Crippen LogP contribution in [0.3, 0.4) is 0 Å². The minimum absolute atomic E-state index is 0.637. The second-order valence-electron chi connectivity index (χ2n) is 14.0. The number of benzene rings is 7. The zero-order valence-electron chi connectivity index (χ0n) is 31.4. The van der Waals surface area contributed by atoms with E-state index < -0.39 is 8.07 Å². The molecule has 0 bridgehead atoms. The lowest BCUT2D eigenvalue weighted by Gasteiger charge is -2.34. The average Bonchev–Trinajstić information content (AvgIpc) is 3.55. The number of hydrogen-bond acceptors (Lipinski definition) is 3. The minimum Gasteiger partial charge on any atom is -0.310 e. The molecule has 0 atom stereocenters. The molecule has 9 aromatic rings. The Labute approximate surface area is 329 Å². The van der Waals surface area contributed by atoms with Crippen molar-refractivity contribution in [2.45, 2.75) is 13.8 Å². The van der Waals surface area contributed by atoms with Crippen LogP contribution in [-0.4, -0.2) is 27.6 Å². The summed E-state index contributed by atoms with van der Waals surface area (Å²) in [5, 5.41) is 6.38. The predicted octanol–water partition coefficient (Wildman–Crippen LogP) is 9.54. The van der Waals surface area contributed by atoms with Gasteiger partial charge in [0.25, 0.3) is 0 Å². The van der Waals surface area contributed by atoms with Crippen LogP contribution >= 0.6 is 0 Å². The van der Waals surface area contributed by atoms with Crippen molar-refractivity contribution in [2.24, 2.45) is 0 Å². The van der Waals surface area contributed by atoms with Crippen LogP contribution < -0.4 is 20.7 Å². The van der Waals surface area contributed by atoms with E-state index in [1.165, 1.54) is 26.3 Å². The third-order valence-electron chi connectivity index (χ3n) is 10.7. The van der Waals surface area contributed by atoms with Crippen LogP contribution in [0.25, 0.3) is 56.8 Å². The van der Waals surface area contributed by atoms with Gasteiger partial charge in [-0.2, -0.15) is 0 Å². The molecular formula is C51H40N4Si. The number of aryl methyl sites for hydroxylation is 1. The van der Waals surface area contributed by atoms with Crippen LogP contribution in [0, 0.1) is 6.92 Å². The molecule has 0 N–H and O–H groups in total. The van der Waals surface area contributed by atoms with E-state index in [2.05, 4.69) is 206 Å². The SMILES string of the molecule is C/C=C\c1c(C)c2cc(-c3nc(-c4ccccc4)nc(-c4cccc([Si](c5ccccc5)(c5ccccc5)c5ccccc5)c4)n3)ccc2n1-c1ccccc1. The first kappa shape index (κ1) is 34.8. The number of allylic oxidation sites excluding steroid dienone is 1. The molecule has 0 radical (unpaired) electrons. The molecule has 4 nitrogen and oxygen atoms in total. The van der Waals surface area contributed by atoms with Gasteiger partial charge in [0.1, 0.15) is 0 Å². The molecule has 0 spiro atoms. The molecule has 7 aromatic carbocycles. The van der Waals surface area contributed by atoms with Crippen LogP contribution in [0.5, 0.6) is 0 Å². The fraction of sp³-hybridized carbons (Fsp3) is 0.0392. The summed E-state index contributed by atoms with van der Waals surface area (Å²) in [7, 11) is -2.77. The summed E-state index contributed by atoms with van der Waals surface area (Å²) < 4.78 is 2.33. The first-order valence-electron chi connectivity index (χ1n) is 19.1. The van der Waals surface area contributed by atoms with Gasteiger partial charge < -0.3 is 4.57 Å². The smallest absolute Gasteiger partial charge is 0.179 e. The predicted molar refractivity (Wildman–Crippen MR) is 236 cm³/mol. The number of nitrogens with zero attached hydrogens (tertiary/aromatic N) is 4. The number of fused-ring (bicyclic) bond motifs is 1. The standard InChI is InChI=1S/C51H40N4Si/c1-3-20-47-37(2)46-36-40(33-34-48(46)55(47)41-24-11-5-12-25-41)51-53-49(38-21-9-4-10-22-38)52-50(54-51)39-23-19-32-45(35-39)56(42-26-13-6-14-27-42,43-28-15-7-16-29-43)44-30-17-8-18-31-44/h3-36H,1-2H3/b20-3-. The van der Waals surface area contributed by atoms with Crippen LogP contribution in [0.15, 0.2) is 200 Å². The highest BCUT2D eigenvalue weighted by Gasteiger charge is 2.41. The first-order valence-corrected chi connectivity index (χ1v) is 21.1. The van der Waals surface area contributed by atoms with Gasteiger partial charge in [0.05, 0.1) is 5.52 Å². The van der Waals surface area contributed by atoms with Gasteiger partial charge in [-0.3, -0.25) is 0 Å². The third kappa shape index (κ3) is 6.18. The molecule has 0 amide bonds. The molecule has 0 fully saturated rings. The second-order valence-corrected chi connectivity index (χ2v) is 17.8. The van der Waals surface area contributed by atoms with Crippen molar-refractivity contribution >= 4 is 45.8 Å². The topological polar surface area (TPSA) is 43.6 Å². The van der Waals surface area contributed by atoms with E-state index in [0.717, 1.165) is 39.0 Å².